The van der Waals surface area contributed by atoms with Crippen LogP contribution in [0.5, 0.6) is 0 Å². The molecule has 1 amide bonds. The van der Waals surface area contributed by atoms with E-state index in [-0.39, 0.29) is 12.3 Å². The fraction of sp³-hybridized carbons (Fsp3) is 0.222. The number of halogens is 2. The molecule has 0 aliphatic carbocycles. The number of nitriles is 1. The molecule has 0 fully saturated rings. The first-order valence-electron chi connectivity index (χ1n) is 7.89. The van der Waals surface area contributed by atoms with Crippen molar-refractivity contribution >= 4 is 40.4 Å². The van der Waals surface area contributed by atoms with E-state index in [0.717, 1.165) is 17.0 Å². The van der Waals surface area contributed by atoms with Gasteiger partial charge < -0.3 is 5.32 Å². The van der Waals surface area contributed by atoms with Gasteiger partial charge in [-0.05, 0) is 44.0 Å². The highest BCUT2D eigenvalue weighted by molar-refractivity contribution is 6.35. The lowest BCUT2D eigenvalue weighted by atomic mass is 10.1. The fourth-order valence-corrected chi connectivity index (χ4v) is 3.13. The third kappa shape index (κ3) is 3.50. The van der Waals surface area contributed by atoms with Crippen molar-refractivity contribution < 1.29 is 4.79 Å². The lowest BCUT2D eigenvalue weighted by Gasteiger charge is -2.12. The number of nitrogens with one attached hydrogen (secondary N) is 1. The largest absolute Gasteiger partial charge is 0.325 e. The van der Waals surface area contributed by atoms with Gasteiger partial charge in [0.25, 0.3) is 0 Å². The van der Waals surface area contributed by atoms with Crippen LogP contribution >= 0.6 is 23.2 Å². The first-order chi connectivity index (χ1) is 12.4. The summed E-state index contributed by atoms with van der Waals surface area (Å²) >= 11 is 12.0. The molecule has 0 aliphatic heterocycles. The molecule has 3 aromatic rings. The van der Waals surface area contributed by atoms with E-state index in [1.807, 2.05) is 13.8 Å². The zero-order valence-corrected chi connectivity index (χ0v) is 15.7. The van der Waals surface area contributed by atoms with Crippen molar-refractivity contribution in [1.82, 2.24) is 14.6 Å². The van der Waals surface area contributed by atoms with Crippen LogP contribution in [0.15, 0.2) is 24.4 Å². The van der Waals surface area contributed by atoms with Crippen LogP contribution in [0.2, 0.25) is 10.0 Å². The fourth-order valence-electron chi connectivity index (χ4n) is 2.80. The molecule has 0 spiro atoms. The van der Waals surface area contributed by atoms with Crippen molar-refractivity contribution in [2.45, 2.75) is 26.7 Å². The number of anilines is 1. The maximum absolute atomic E-state index is 12.3. The number of aryl methyl sites for hydroxylation is 2. The third-order valence-electron chi connectivity index (χ3n) is 4.13. The Morgan fingerprint density at radius 1 is 1.35 bits per heavy atom. The molecule has 0 atom stereocenters. The Kier molecular flexibility index (Phi) is 5.12. The van der Waals surface area contributed by atoms with E-state index in [9.17, 15) is 4.79 Å². The highest BCUT2D eigenvalue weighted by atomic mass is 35.5. The molecule has 132 valence electrons. The Morgan fingerprint density at radius 2 is 2.12 bits per heavy atom. The zero-order chi connectivity index (χ0) is 18.8. The van der Waals surface area contributed by atoms with Crippen LogP contribution in [0.1, 0.15) is 28.9 Å². The molecule has 1 N–H and O–H groups in total. The molecule has 8 heteroatoms. The average molecular weight is 388 g/mol. The highest BCUT2D eigenvalue weighted by Crippen LogP contribution is 2.26. The summed E-state index contributed by atoms with van der Waals surface area (Å²) in [5.41, 5.74) is 4.01. The Balaban J connectivity index is 1.78. The molecular formula is C18H15Cl2N5O. The number of nitrogens with zero attached hydrogens (tertiary/aromatic N) is 4. The highest BCUT2D eigenvalue weighted by Gasteiger charge is 2.15. The van der Waals surface area contributed by atoms with Gasteiger partial charge in [0.2, 0.25) is 5.91 Å². The first kappa shape index (κ1) is 18.2. The minimum absolute atomic E-state index is 0.175. The summed E-state index contributed by atoms with van der Waals surface area (Å²) in [6.45, 7) is 3.76. The van der Waals surface area contributed by atoms with Gasteiger partial charge in [0.05, 0.1) is 16.9 Å². The van der Waals surface area contributed by atoms with Crippen LogP contribution in [0.4, 0.5) is 5.69 Å². The van der Waals surface area contributed by atoms with Crippen molar-refractivity contribution in [3.8, 4) is 6.07 Å². The molecule has 0 unspecified atom stereocenters. The second kappa shape index (κ2) is 7.32. The molecule has 6 nitrogen and oxygen atoms in total. The van der Waals surface area contributed by atoms with Gasteiger partial charge in [-0.3, -0.25) is 4.79 Å². The molecule has 3 rings (SSSR count). The molecule has 0 bridgehead atoms. The number of carbonyl (C=O) groups excluding carboxylic acids is 1. The lowest BCUT2D eigenvalue weighted by Crippen LogP contribution is -2.14. The summed E-state index contributed by atoms with van der Waals surface area (Å²) in [6.07, 6.45) is 2.24. The smallest absolute Gasteiger partial charge is 0.224 e. The number of benzene rings is 1. The minimum Gasteiger partial charge on any atom is -0.325 e. The number of fused-ring (bicyclic) bond motifs is 1. The Hall–Kier alpha value is -2.62. The topological polar surface area (TPSA) is 83.1 Å². The molecular weight excluding hydrogens is 373 g/mol. The molecule has 26 heavy (non-hydrogen) atoms. The van der Waals surface area contributed by atoms with E-state index in [1.54, 1.807) is 22.7 Å². The maximum atomic E-state index is 12.3. The normalized spacial score (nSPS) is 10.7. The zero-order valence-electron chi connectivity index (χ0n) is 14.2. The van der Waals surface area contributed by atoms with E-state index < -0.39 is 0 Å². The molecule has 1 aromatic carbocycles. The van der Waals surface area contributed by atoms with Crippen LogP contribution in [-0.4, -0.2) is 20.5 Å². The second-order valence-electron chi connectivity index (χ2n) is 5.84. The van der Waals surface area contributed by atoms with Gasteiger partial charge in [-0.15, -0.1) is 0 Å². The first-order valence-corrected chi connectivity index (χ1v) is 8.65. The van der Waals surface area contributed by atoms with Crippen molar-refractivity contribution in [1.29, 1.82) is 5.26 Å². The quantitative estimate of drug-likeness (QED) is 0.730. The molecule has 0 saturated carbocycles. The Morgan fingerprint density at radius 3 is 2.85 bits per heavy atom. The van der Waals surface area contributed by atoms with E-state index in [0.29, 0.717) is 33.4 Å². The van der Waals surface area contributed by atoms with E-state index >= 15 is 0 Å². The lowest BCUT2D eigenvalue weighted by molar-refractivity contribution is -0.116. The van der Waals surface area contributed by atoms with E-state index in [2.05, 4.69) is 21.5 Å². The minimum atomic E-state index is -0.175. The van der Waals surface area contributed by atoms with Crippen LogP contribution < -0.4 is 5.32 Å². The number of hydrogen-bond acceptors (Lipinski definition) is 4. The molecule has 0 aliphatic rings. The number of carbonyl (C=O) groups is 1. The number of rotatable bonds is 4. The van der Waals surface area contributed by atoms with Crippen molar-refractivity contribution in [2.24, 2.45) is 0 Å². The predicted octanol–water partition coefficient (Wildman–Crippen LogP) is 4.10. The predicted molar refractivity (Wildman–Crippen MR) is 101 cm³/mol. The Labute approximate surface area is 160 Å². The van der Waals surface area contributed by atoms with Crippen molar-refractivity contribution in [3.63, 3.8) is 0 Å². The number of amides is 1. The summed E-state index contributed by atoms with van der Waals surface area (Å²) in [4.78, 5) is 16.7. The summed E-state index contributed by atoms with van der Waals surface area (Å²) < 4.78 is 1.63. The van der Waals surface area contributed by atoms with Gasteiger partial charge in [0.15, 0.2) is 5.65 Å². The Bertz CT molecular complexity index is 1050. The standard InChI is InChI=1S/C18H15Cl2N5O/c1-10-14(11(2)25-18(23-10)12(8-21)9-22-25)4-6-17(26)24-16-7-13(19)3-5-15(16)20/h3,5,7,9H,4,6H2,1-2H3,(H,24,26). The van der Waals surface area contributed by atoms with Crippen molar-refractivity contribution in [3.05, 3.63) is 57.0 Å². The maximum Gasteiger partial charge on any atom is 0.224 e. The summed E-state index contributed by atoms with van der Waals surface area (Å²) in [6, 6.07) is 6.98. The number of aromatic nitrogens is 3. The summed E-state index contributed by atoms with van der Waals surface area (Å²) in [7, 11) is 0. The molecule has 2 heterocycles. The molecule has 2 aromatic heterocycles. The van der Waals surface area contributed by atoms with Gasteiger partial charge in [-0.2, -0.15) is 10.4 Å². The van der Waals surface area contributed by atoms with Gasteiger partial charge in [0.1, 0.15) is 11.6 Å². The average Bonchev–Trinajstić information content (AvgIpc) is 3.01. The molecule has 0 radical (unpaired) electrons. The number of hydrogen-bond donors (Lipinski definition) is 1. The van der Waals surface area contributed by atoms with Gasteiger partial charge in [-0.25, -0.2) is 9.50 Å². The SMILES string of the molecule is Cc1nc2c(C#N)cnn2c(C)c1CCC(=O)Nc1cc(Cl)ccc1Cl. The van der Waals surface area contributed by atoms with Crippen LogP contribution in [0.3, 0.4) is 0 Å². The van der Waals surface area contributed by atoms with E-state index in [4.69, 9.17) is 28.5 Å². The van der Waals surface area contributed by atoms with Crippen LogP contribution in [0.25, 0.3) is 5.65 Å². The van der Waals surface area contributed by atoms with Gasteiger partial charge >= 0.3 is 0 Å². The monoisotopic (exact) mass is 387 g/mol. The summed E-state index contributed by atoms with van der Waals surface area (Å²) in [5, 5.41) is 17.0. The molecule has 0 saturated heterocycles. The van der Waals surface area contributed by atoms with Gasteiger partial charge in [-0.1, -0.05) is 23.2 Å². The van der Waals surface area contributed by atoms with E-state index in [1.165, 1.54) is 6.20 Å². The van der Waals surface area contributed by atoms with Crippen LogP contribution in [0, 0.1) is 25.2 Å². The second-order valence-corrected chi connectivity index (χ2v) is 6.68. The van der Waals surface area contributed by atoms with Crippen molar-refractivity contribution in [2.75, 3.05) is 5.32 Å². The van der Waals surface area contributed by atoms with Gasteiger partial charge in [0, 0.05) is 22.8 Å². The third-order valence-corrected chi connectivity index (χ3v) is 4.70. The van der Waals surface area contributed by atoms with Crippen LogP contribution in [-0.2, 0) is 11.2 Å². The summed E-state index contributed by atoms with van der Waals surface area (Å²) in [5.74, 6) is -0.175.